The van der Waals surface area contributed by atoms with E-state index in [9.17, 15) is 4.79 Å². The number of aromatic carboxylic acids is 1. The zero-order valence-corrected chi connectivity index (χ0v) is 14.8. The Hall–Kier alpha value is -3.11. The molecule has 0 unspecified atom stereocenters. The van der Waals surface area contributed by atoms with Crippen LogP contribution in [0.2, 0.25) is 0 Å². The van der Waals surface area contributed by atoms with Gasteiger partial charge in [-0.05, 0) is 23.3 Å². The molecule has 0 aliphatic heterocycles. The van der Waals surface area contributed by atoms with Crippen molar-refractivity contribution in [3.63, 3.8) is 0 Å². The first-order valence-corrected chi connectivity index (χ1v) is 8.35. The number of ether oxygens (including phenoxy) is 1. The molecule has 4 heteroatoms. The zero-order valence-electron chi connectivity index (χ0n) is 14.8. The summed E-state index contributed by atoms with van der Waals surface area (Å²) in [6, 6.07) is 27.4. The lowest BCUT2D eigenvalue weighted by molar-refractivity contribution is 0.0693. The number of rotatable bonds is 6. The van der Waals surface area contributed by atoms with Crippen molar-refractivity contribution in [2.75, 3.05) is 7.11 Å². The van der Waals surface area contributed by atoms with Gasteiger partial charge < -0.3 is 15.2 Å². The second-order valence-electron chi connectivity index (χ2n) is 5.58. The quantitative estimate of drug-likeness (QED) is 0.694. The van der Waals surface area contributed by atoms with Gasteiger partial charge in [0.2, 0.25) is 0 Å². The average Bonchev–Trinajstić information content (AvgIpc) is 2.70. The molecule has 0 atom stereocenters. The van der Waals surface area contributed by atoms with Crippen LogP contribution in [0.25, 0.3) is 0 Å². The molecule has 0 saturated carbocycles. The fourth-order valence-corrected chi connectivity index (χ4v) is 2.36. The number of hydrogen-bond acceptors (Lipinski definition) is 3. The molecule has 0 aliphatic carbocycles. The van der Waals surface area contributed by atoms with E-state index in [1.807, 2.05) is 12.1 Å². The van der Waals surface area contributed by atoms with Gasteiger partial charge in [-0.1, -0.05) is 72.8 Å². The van der Waals surface area contributed by atoms with Gasteiger partial charge in [0.1, 0.15) is 11.3 Å². The largest absolute Gasteiger partial charge is 0.496 e. The molecular formula is C22H23NO3. The fraction of sp³-hybridized carbons (Fsp3) is 0.136. The summed E-state index contributed by atoms with van der Waals surface area (Å²) in [5.74, 6) is -0.581. The molecule has 3 aromatic rings. The number of methoxy groups -OCH3 is 1. The number of hydrogen-bond donors (Lipinski definition) is 2. The van der Waals surface area contributed by atoms with Crippen LogP contribution in [0.3, 0.4) is 0 Å². The van der Waals surface area contributed by atoms with Gasteiger partial charge in [-0.3, -0.25) is 0 Å². The van der Waals surface area contributed by atoms with Crippen LogP contribution in [-0.4, -0.2) is 18.2 Å². The third-order valence-electron chi connectivity index (χ3n) is 3.68. The highest BCUT2D eigenvalue weighted by Gasteiger charge is 2.07. The van der Waals surface area contributed by atoms with E-state index in [-0.39, 0.29) is 5.56 Å². The Kier molecular flexibility index (Phi) is 7.90. The Morgan fingerprint density at radius 2 is 1.27 bits per heavy atom. The predicted molar refractivity (Wildman–Crippen MR) is 103 cm³/mol. The Labute approximate surface area is 154 Å². The second-order valence-corrected chi connectivity index (χ2v) is 5.58. The Balaban J connectivity index is 0.000000197. The van der Waals surface area contributed by atoms with Gasteiger partial charge in [-0.25, -0.2) is 4.79 Å². The van der Waals surface area contributed by atoms with Crippen LogP contribution in [0.4, 0.5) is 0 Å². The summed E-state index contributed by atoms with van der Waals surface area (Å²) in [6.45, 7) is 1.85. The zero-order chi connectivity index (χ0) is 18.6. The normalized spacial score (nSPS) is 9.73. The van der Waals surface area contributed by atoms with Gasteiger partial charge >= 0.3 is 5.97 Å². The summed E-state index contributed by atoms with van der Waals surface area (Å²) < 4.78 is 4.83. The lowest BCUT2D eigenvalue weighted by atomic mass is 10.2. The molecular weight excluding hydrogens is 326 g/mol. The summed E-state index contributed by atoms with van der Waals surface area (Å²) in [5, 5.41) is 12.0. The van der Waals surface area contributed by atoms with Crippen LogP contribution in [-0.2, 0) is 13.1 Å². The maximum atomic E-state index is 10.5. The van der Waals surface area contributed by atoms with Crippen LogP contribution in [0, 0.1) is 0 Å². The van der Waals surface area contributed by atoms with Crippen LogP contribution in [0.15, 0.2) is 84.9 Å². The first-order chi connectivity index (χ1) is 12.7. The van der Waals surface area contributed by atoms with Gasteiger partial charge in [0, 0.05) is 13.1 Å². The highest BCUT2D eigenvalue weighted by Crippen LogP contribution is 2.16. The van der Waals surface area contributed by atoms with E-state index >= 15 is 0 Å². The SMILES string of the molecule is COc1ccccc1C(=O)O.c1ccc(CNCc2ccccc2)cc1. The molecule has 3 rings (SSSR count). The number of carbonyl (C=O) groups is 1. The number of carboxylic acids is 1. The molecule has 0 amide bonds. The van der Waals surface area contributed by atoms with Crippen molar-refractivity contribution in [3.8, 4) is 5.75 Å². The minimum absolute atomic E-state index is 0.190. The van der Waals surface area contributed by atoms with Crippen molar-refractivity contribution in [2.45, 2.75) is 13.1 Å². The molecule has 0 aliphatic rings. The molecule has 0 radical (unpaired) electrons. The van der Waals surface area contributed by atoms with Gasteiger partial charge in [0.25, 0.3) is 0 Å². The maximum absolute atomic E-state index is 10.5. The van der Waals surface area contributed by atoms with E-state index in [0.29, 0.717) is 5.75 Å². The highest BCUT2D eigenvalue weighted by molar-refractivity contribution is 5.90. The third kappa shape index (κ3) is 6.42. The lowest BCUT2D eigenvalue weighted by Gasteiger charge is -2.04. The van der Waals surface area contributed by atoms with Crippen molar-refractivity contribution in [1.82, 2.24) is 5.32 Å². The topological polar surface area (TPSA) is 58.6 Å². The molecule has 0 saturated heterocycles. The van der Waals surface area contributed by atoms with Crippen molar-refractivity contribution in [3.05, 3.63) is 102 Å². The van der Waals surface area contributed by atoms with E-state index < -0.39 is 5.97 Å². The molecule has 0 bridgehead atoms. The van der Waals surface area contributed by atoms with Crippen molar-refractivity contribution >= 4 is 5.97 Å². The summed E-state index contributed by atoms with van der Waals surface area (Å²) in [4.78, 5) is 10.5. The van der Waals surface area contributed by atoms with Crippen LogP contribution in [0.1, 0.15) is 21.5 Å². The molecule has 134 valence electrons. The molecule has 0 heterocycles. The van der Waals surface area contributed by atoms with Crippen molar-refractivity contribution in [1.29, 1.82) is 0 Å². The highest BCUT2D eigenvalue weighted by atomic mass is 16.5. The maximum Gasteiger partial charge on any atom is 0.339 e. The van der Waals surface area contributed by atoms with Crippen LogP contribution < -0.4 is 10.1 Å². The Morgan fingerprint density at radius 3 is 1.69 bits per heavy atom. The minimum Gasteiger partial charge on any atom is -0.496 e. The molecule has 4 nitrogen and oxygen atoms in total. The van der Waals surface area contributed by atoms with Crippen molar-refractivity contribution < 1.29 is 14.6 Å². The second kappa shape index (κ2) is 10.7. The predicted octanol–water partition coefficient (Wildman–Crippen LogP) is 4.37. The summed E-state index contributed by atoms with van der Waals surface area (Å²) in [6.07, 6.45) is 0. The minimum atomic E-state index is -0.970. The first kappa shape index (κ1) is 19.2. The number of nitrogens with one attached hydrogen (secondary N) is 1. The smallest absolute Gasteiger partial charge is 0.339 e. The molecule has 2 N–H and O–H groups in total. The molecule has 0 fully saturated rings. The average molecular weight is 349 g/mol. The van der Waals surface area contributed by atoms with Gasteiger partial charge in [-0.15, -0.1) is 0 Å². The van der Waals surface area contributed by atoms with Gasteiger partial charge in [0.05, 0.1) is 7.11 Å². The van der Waals surface area contributed by atoms with Gasteiger partial charge in [-0.2, -0.15) is 0 Å². The molecule has 0 aromatic heterocycles. The van der Waals surface area contributed by atoms with Crippen molar-refractivity contribution in [2.24, 2.45) is 0 Å². The number of para-hydroxylation sites is 1. The summed E-state index contributed by atoms with van der Waals surface area (Å²) in [5.41, 5.74) is 2.84. The summed E-state index contributed by atoms with van der Waals surface area (Å²) >= 11 is 0. The number of benzene rings is 3. The first-order valence-electron chi connectivity index (χ1n) is 8.35. The lowest BCUT2D eigenvalue weighted by Crippen LogP contribution is -2.12. The van der Waals surface area contributed by atoms with E-state index in [4.69, 9.17) is 9.84 Å². The molecule has 0 spiro atoms. The number of carboxylic acid groups (broad SMARTS) is 1. The van der Waals surface area contributed by atoms with E-state index in [1.165, 1.54) is 24.3 Å². The monoisotopic (exact) mass is 349 g/mol. The van der Waals surface area contributed by atoms with Gasteiger partial charge in [0.15, 0.2) is 0 Å². The van der Waals surface area contributed by atoms with Crippen LogP contribution >= 0.6 is 0 Å². The standard InChI is InChI=1S/C14H15N.C8H8O3/c1-3-7-13(8-4-1)11-15-12-14-9-5-2-6-10-14;1-11-7-5-3-2-4-6(7)8(9)10/h1-10,15H,11-12H2;2-5H,1H3,(H,9,10). The Bertz CT molecular complexity index is 749. The molecule has 3 aromatic carbocycles. The molecule has 26 heavy (non-hydrogen) atoms. The van der Waals surface area contributed by atoms with E-state index in [1.54, 1.807) is 18.2 Å². The summed E-state index contributed by atoms with van der Waals surface area (Å²) in [7, 11) is 1.45. The fourth-order valence-electron chi connectivity index (χ4n) is 2.36. The Morgan fingerprint density at radius 1 is 0.808 bits per heavy atom. The van der Waals surface area contributed by atoms with E-state index in [0.717, 1.165) is 13.1 Å². The third-order valence-corrected chi connectivity index (χ3v) is 3.68. The van der Waals surface area contributed by atoms with E-state index in [2.05, 4.69) is 53.8 Å². The van der Waals surface area contributed by atoms with Crippen LogP contribution in [0.5, 0.6) is 5.75 Å².